The molecule has 0 heterocycles. The Hall–Kier alpha value is -0.320. The summed E-state index contributed by atoms with van der Waals surface area (Å²) in [7, 11) is -8.82. The molecule has 0 radical (unpaired) electrons. The molecule has 0 saturated heterocycles. The predicted molar refractivity (Wildman–Crippen MR) is 21.7 cm³/mol. The summed E-state index contributed by atoms with van der Waals surface area (Å²) in [6.45, 7) is 0. The minimum absolute atomic E-state index is 3.67. The molecule has 0 bridgehead atoms. The Bertz CT molecular complexity index is 161. The molecule has 0 aliphatic carbocycles. The summed E-state index contributed by atoms with van der Waals surface area (Å²) in [4.78, 5) is 0. The average molecular weight is 188 g/mol. The van der Waals surface area contributed by atoms with Gasteiger partial charge in [0.1, 0.15) is 0 Å². The summed E-state index contributed by atoms with van der Waals surface area (Å²) in [6.07, 6.45) is -3.67. The zero-order valence-electron chi connectivity index (χ0n) is 4.09. The van der Waals surface area contributed by atoms with Crippen LogP contribution < -0.4 is 0 Å². The molecule has 10 heavy (non-hydrogen) atoms. The first kappa shape index (κ1) is 9.68. The van der Waals surface area contributed by atoms with Gasteiger partial charge >= 0.3 is 49.5 Å². The molecule has 0 N–H and O–H groups in total. The van der Waals surface area contributed by atoms with Crippen molar-refractivity contribution in [3.8, 4) is 0 Å². The van der Waals surface area contributed by atoms with E-state index in [0.717, 1.165) is 0 Å². The second-order valence-corrected chi connectivity index (χ2v) is 3.11. The van der Waals surface area contributed by atoms with Gasteiger partial charge < -0.3 is 0 Å². The van der Waals surface area contributed by atoms with Gasteiger partial charge in [-0.05, 0) is 0 Å². The number of hydrogen-bond acceptors (Lipinski definition) is 0. The summed E-state index contributed by atoms with van der Waals surface area (Å²) >= 11 is 0. The second kappa shape index (κ2) is 2.08. The quantitative estimate of drug-likeness (QED) is 0.429. The van der Waals surface area contributed by atoms with Crippen LogP contribution in [0, 0.1) is 0 Å². The molecule has 0 unspecified atom stereocenters. The summed E-state index contributed by atoms with van der Waals surface area (Å²) < 4.78 is 76.4. The van der Waals surface area contributed by atoms with Crippen molar-refractivity contribution in [1.82, 2.24) is 0 Å². The maximum absolute atomic E-state index is 11.1. The molecule has 0 amide bonds. The van der Waals surface area contributed by atoms with Crippen LogP contribution in [0.3, 0.4) is 0 Å². The summed E-state index contributed by atoms with van der Waals surface area (Å²) in [5.41, 5.74) is -3.88. The fraction of sp³-hybridized carbons (Fsp3) is 0. The van der Waals surface area contributed by atoms with Crippen LogP contribution in [-0.2, 0) is 0 Å². The Morgan fingerprint density at radius 1 is 0.800 bits per heavy atom. The van der Waals surface area contributed by atoms with Gasteiger partial charge in [-0.3, -0.25) is 0 Å². The van der Waals surface area contributed by atoms with Crippen molar-refractivity contribution in [1.29, 1.82) is 0 Å². The van der Waals surface area contributed by atoms with Gasteiger partial charge in [-0.15, -0.1) is 0 Å². The van der Waals surface area contributed by atoms with E-state index >= 15 is 0 Å². The third-order valence-electron chi connectivity index (χ3n) is 0.453. The van der Waals surface area contributed by atoms with Crippen LogP contribution in [0.1, 0.15) is 0 Å². The van der Waals surface area contributed by atoms with E-state index in [1.165, 1.54) is 0 Å². The SMILES string of the molecule is FC(F)=C(F)P(F)(F)(F)F. The van der Waals surface area contributed by atoms with Gasteiger partial charge in [-0.1, -0.05) is 0 Å². The normalized spacial score (nSPS) is 15.7. The van der Waals surface area contributed by atoms with Crippen LogP contribution in [0.25, 0.3) is 0 Å². The molecular formula is C2F7P. The van der Waals surface area contributed by atoms with Crippen LogP contribution in [0.15, 0.2) is 11.6 Å². The van der Waals surface area contributed by atoms with Crippen LogP contribution in [0.2, 0.25) is 0 Å². The molecular weight excluding hydrogens is 188 g/mol. The van der Waals surface area contributed by atoms with Crippen molar-refractivity contribution in [2.45, 2.75) is 0 Å². The van der Waals surface area contributed by atoms with E-state index < -0.39 is 19.5 Å². The number of hydrogen-bond donors (Lipinski definition) is 0. The molecule has 0 aliphatic rings. The Balaban J connectivity index is 4.87. The van der Waals surface area contributed by atoms with Crippen LogP contribution in [0.4, 0.5) is 30.0 Å². The molecule has 8 heteroatoms. The summed E-state index contributed by atoms with van der Waals surface area (Å²) in [5.74, 6) is 0. The molecule has 0 rings (SSSR count). The van der Waals surface area contributed by atoms with E-state index in [9.17, 15) is 30.0 Å². The fourth-order valence-corrected chi connectivity index (χ4v) is 0.383. The molecule has 0 aromatic carbocycles. The Kier molecular flexibility index (Phi) is 2.02. The third kappa shape index (κ3) is 2.51. The standard InChI is InChI=1S/C2F7P/c3-1(4)2(5)10(6,7,8)9. The monoisotopic (exact) mass is 188 g/mol. The first-order chi connectivity index (χ1) is 4.11. The molecule has 0 fully saturated rings. The van der Waals surface area contributed by atoms with Crippen LogP contribution >= 0.6 is 7.85 Å². The fourth-order valence-electron chi connectivity index (χ4n) is 0.128. The van der Waals surface area contributed by atoms with Gasteiger partial charge in [0, 0.05) is 0 Å². The summed E-state index contributed by atoms with van der Waals surface area (Å²) in [6, 6.07) is 0. The van der Waals surface area contributed by atoms with Crippen molar-refractivity contribution in [2.24, 2.45) is 0 Å². The van der Waals surface area contributed by atoms with Crippen molar-refractivity contribution >= 4 is 7.85 Å². The van der Waals surface area contributed by atoms with Gasteiger partial charge in [-0.2, -0.15) is 0 Å². The second-order valence-electron chi connectivity index (χ2n) is 1.27. The van der Waals surface area contributed by atoms with Gasteiger partial charge in [-0.25, -0.2) is 0 Å². The van der Waals surface area contributed by atoms with E-state index in [4.69, 9.17) is 0 Å². The molecule has 0 aromatic rings. The molecule has 62 valence electrons. The molecule has 0 aromatic heterocycles. The van der Waals surface area contributed by atoms with Crippen molar-refractivity contribution in [3.63, 3.8) is 0 Å². The van der Waals surface area contributed by atoms with Crippen molar-refractivity contribution in [2.75, 3.05) is 0 Å². The third-order valence-corrected chi connectivity index (χ3v) is 1.22. The molecule has 0 nitrogen and oxygen atoms in total. The molecule has 0 atom stereocenters. The number of halogens is 7. The van der Waals surface area contributed by atoms with Gasteiger partial charge in [0.2, 0.25) is 0 Å². The zero-order chi connectivity index (χ0) is 8.60. The van der Waals surface area contributed by atoms with E-state index in [1.807, 2.05) is 0 Å². The average Bonchev–Trinajstić information content (AvgIpc) is 1.59. The Labute approximate surface area is 50.7 Å². The topological polar surface area (TPSA) is 0 Å². The first-order valence-corrected chi connectivity index (χ1v) is 3.52. The molecule has 0 spiro atoms. The summed E-state index contributed by atoms with van der Waals surface area (Å²) in [5, 5.41) is 0. The molecule has 0 saturated carbocycles. The van der Waals surface area contributed by atoms with Crippen LogP contribution in [-0.4, -0.2) is 0 Å². The van der Waals surface area contributed by atoms with Gasteiger partial charge in [0.25, 0.3) is 0 Å². The minimum atomic E-state index is -8.82. The van der Waals surface area contributed by atoms with Crippen LogP contribution in [0.5, 0.6) is 0 Å². The maximum atomic E-state index is 11.1. The van der Waals surface area contributed by atoms with Gasteiger partial charge in [0.15, 0.2) is 0 Å². The van der Waals surface area contributed by atoms with Crippen molar-refractivity contribution in [3.05, 3.63) is 11.6 Å². The van der Waals surface area contributed by atoms with Crippen molar-refractivity contribution < 1.29 is 30.0 Å². The zero-order valence-corrected chi connectivity index (χ0v) is 4.99. The first-order valence-electron chi connectivity index (χ1n) is 1.72. The van der Waals surface area contributed by atoms with E-state index in [-0.39, 0.29) is 0 Å². The van der Waals surface area contributed by atoms with E-state index in [1.54, 1.807) is 0 Å². The van der Waals surface area contributed by atoms with E-state index in [2.05, 4.69) is 0 Å². The Morgan fingerprint density at radius 3 is 1.10 bits per heavy atom. The number of rotatable bonds is 1. The van der Waals surface area contributed by atoms with E-state index in [0.29, 0.717) is 0 Å². The molecule has 0 aliphatic heterocycles. The van der Waals surface area contributed by atoms with Gasteiger partial charge in [0.05, 0.1) is 0 Å². The Morgan fingerprint density at radius 2 is 1.10 bits per heavy atom. The predicted octanol–water partition coefficient (Wildman–Crippen LogP) is 4.11.